The summed E-state index contributed by atoms with van der Waals surface area (Å²) in [6, 6.07) is 0.444. The molecule has 0 amide bonds. The average molecular weight is 213 g/mol. The second kappa shape index (κ2) is 3.76. The van der Waals surface area contributed by atoms with Crippen molar-refractivity contribution in [2.75, 3.05) is 26.3 Å². The molecule has 2 rings (SSSR count). The molecule has 0 aliphatic carbocycles. The molecule has 0 spiro atoms. The van der Waals surface area contributed by atoms with Crippen molar-refractivity contribution in [2.24, 2.45) is 11.3 Å². The first kappa shape index (κ1) is 10.9. The molecular formula is C11H19NO3. The summed E-state index contributed by atoms with van der Waals surface area (Å²) >= 11 is 0. The number of ether oxygens (including phenoxy) is 1. The molecule has 4 heteroatoms. The van der Waals surface area contributed by atoms with E-state index in [1.165, 1.54) is 0 Å². The Balaban J connectivity index is 1.99. The monoisotopic (exact) mass is 213 g/mol. The third-order valence-electron chi connectivity index (χ3n) is 3.75. The fraction of sp³-hybridized carbons (Fsp3) is 0.909. The smallest absolute Gasteiger partial charge is 0.304 e. The molecule has 0 radical (unpaired) electrons. The lowest BCUT2D eigenvalue weighted by Crippen LogP contribution is -2.34. The lowest BCUT2D eigenvalue weighted by atomic mass is 9.80. The van der Waals surface area contributed by atoms with Crippen LogP contribution in [0.2, 0.25) is 0 Å². The first-order valence-electron chi connectivity index (χ1n) is 5.54. The Morgan fingerprint density at radius 1 is 1.53 bits per heavy atom. The van der Waals surface area contributed by atoms with Crippen LogP contribution in [0.15, 0.2) is 0 Å². The van der Waals surface area contributed by atoms with Gasteiger partial charge in [-0.1, -0.05) is 13.8 Å². The number of hydrogen-bond acceptors (Lipinski definition) is 3. The number of carbonyl (C=O) groups is 1. The number of likely N-dealkylation sites (tertiary alicyclic amines) is 1. The third kappa shape index (κ3) is 2.01. The second-order valence-corrected chi connectivity index (χ2v) is 5.31. The van der Waals surface area contributed by atoms with Crippen LogP contribution in [-0.4, -0.2) is 48.3 Å². The molecule has 2 unspecified atom stereocenters. The van der Waals surface area contributed by atoms with Crippen LogP contribution in [0, 0.1) is 11.3 Å². The minimum absolute atomic E-state index is 0.235. The van der Waals surface area contributed by atoms with Gasteiger partial charge in [0.2, 0.25) is 0 Å². The third-order valence-corrected chi connectivity index (χ3v) is 3.75. The minimum atomic E-state index is -0.713. The number of aliphatic carboxylic acids is 1. The van der Waals surface area contributed by atoms with Gasteiger partial charge in [-0.2, -0.15) is 0 Å². The lowest BCUT2D eigenvalue weighted by Gasteiger charge is -2.23. The Labute approximate surface area is 90.2 Å². The van der Waals surface area contributed by atoms with Gasteiger partial charge in [-0.15, -0.1) is 0 Å². The van der Waals surface area contributed by atoms with Gasteiger partial charge in [-0.25, -0.2) is 0 Å². The molecule has 2 aliphatic rings. The predicted molar refractivity (Wildman–Crippen MR) is 55.7 cm³/mol. The van der Waals surface area contributed by atoms with Crippen molar-refractivity contribution < 1.29 is 14.6 Å². The standard InChI is InChI=1S/C11H19NO3/c1-11(2)7-12(4-3-10(13)14)9-6-15-5-8(9)11/h8-9H,3-7H2,1-2H3,(H,13,14). The van der Waals surface area contributed by atoms with Crippen LogP contribution in [0.1, 0.15) is 20.3 Å². The van der Waals surface area contributed by atoms with E-state index in [0.29, 0.717) is 18.5 Å². The second-order valence-electron chi connectivity index (χ2n) is 5.31. The number of rotatable bonds is 3. The van der Waals surface area contributed by atoms with Crippen LogP contribution in [0.5, 0.6) is 0 Å². The number of nitrogens with zero attached hydrogens (tertiary/aromatic N) is 1. The molecule has 86 valence electrons. The van der Waals surface area contributed by atoms with Gasteiger partial charge in [0.25, 0.3) is 0 Å². The molecule has 4 nitrogen and oxygen atoms in total. The Kier molecular flexibility index (Phi) is 2.73. The van der Waals surface area contributed by atoms with Gasteiger partial charge in [-0.3, -0.25) is 9.69 Å². The van der Waals surface area contributed by atoms with Crippen LogP contribution in [0.4, 0.5) is 0 Å². The highest BCUT2D eigenvalue weighted by Crippen LogP contribution is 2.42. The Bertz CT molecular complexity index is 265. The van der Waals surface area contributed by atoms with Gasteiger partial charge in [0, 0.05) is 25.0 Å². The molecule has 2 aliphatic heterocycles. The molecule has 2 heterocycles. The van der Waals surface area contributed by atoms with E-state index in [0.717, 1.165) is 19.8 Å². The molecule has 0 bridgehead atoms. The summed E-state index contributed by atoms with van der Waals surface area (Å²) in [5.74, 6) is -0.138. The van der Waals surface area contributed by atoms with Crippen molar-refractivity contribution in [1.82, 2.24) is 4.90 Å². The first-order chi connectivity index (χ1) is 7.00. The van der Waals surface area contributed by atoms with E-state index >= 15 is 0 Å². The van der Waals surface area contributed by atoms with Gasteiger partial charge >= 0.3 is 5.97 Å². The van der Waals surface area contributed by atoms with Gasteiger partial charge in [0.15, 0.2) is 0 Å². The highest BCUT2D eigenvalue weighted by atomic mass is 16.5. The maximum Gasteiger partial charge on any atom is 0.304 e. The highest BCUT2D eigenvalue weighted by Gasteiger charge is 2.49. The molecule has 0 saturated carbocycles. The van der Waals surface area contributed by atoms with E-state index in [9.17, 15) is 4.79 Å². The van der Waals surface area contributed by atoms with E-state index in [4.69, 9.17) is 9.84 Å². The average Bonchev–Trinajstić information content (AvgIpc) is 2.66. The van der Waals surface area contributed by atoms with E-state index < -0.39 is 5.97 Å². The molecule has 0 aromatic heterocycles. The molecule has 0 aromatic rings. The first-order valence-corrected chi connectivity index (χ1v) is 5.54. The molecule has 1 N–H and O–H groups in total. The molecule has 2 saturated heterocycles. The zero-order valence-corrected chi connectivity index (χ0v) is 9.40. The van der Waals surface area contributed by atoms with E-state index in [1.807, 2.05) is 0 Å². The lowest BCUT2D eigenvalue weighted by molar-refractivity contribution is -0.137. The maximum absolute atomic E-state index is 10.6. The summed E-state index contributed by atoms with van der Waals surface area (Å²) in [4.78, 5) is 12.8. The zero-order chi connectivity index (χ0) is 11.1. The van der Waals surface area contributed by atoms with Crippen LogP contribution in [-0.2, 0) is 9.53 Å². The minimum Gasteiger partial charge on any atom is -0.481 e. The zero-order valence-electron chi connectivity index (χ0n) is 9.40. The van der Waals surface area contributed by atoms with Crippen LogP contribution < -0.4 is 0 Å². The number of carboxylic acid groups (broad SMARTS) is 1. The Morgan fingerprint density at radius 2 is 2.27 bits per heavy atom. The maximum atomic E-state index is 10.6. The van der Waals surface area contributed by atoms with Crippen molar-refractivity contribution in [2.45, 2.75) is 26.3 Å². The largest absolute Gasteiger partial charge is 0.481 e. The van der Waals surface area contributed by atoms with Crippen molar-refractivity contribution in [3.05, 3.63) is 0 Å². The van der Waals surface area contributed by atoms with Gasteiger partial charge in [0.1, 0.15) is 0 Å². The van der Waals surface area contributed by atoms with Gasteiger partial charge in [-0.05, 0) is 5.41 Å². The fourth-order valence-electron chi connectivity index (χ4n) is 2.89. The van der Waals surface area contributed by atoms with Crippen molar-refractivity contribution in [3.63, 3.8) is 0 Å². The number of hydrogen-bond donors (Lipinski definition) is 1. The summed E-state index contributed by atoms with van der Waals surface area (Å²) in [6.45, 7) is 7.76. The SMILES string of the molecule is CC1(C)CN(CCC(=O)O)C2COCC21. The molecule has 0 aromatic carbocycles. The van der Waals surface area contributed by atoms with E-state index in [2.05, 4.69) is 18.7 Å². The summed E-state index contributed by atoms with van der Waals surface area (Å²) in [6.07, 6.45) is 0.235. The predicted octanol–water partition coefficient (Wildman–Crippen LogP) is 0.818. The number of fused-ring (bicyclic) bond motifs is 1. The van der Waals surface area contributed by atoms with Gasteiger partial charge < -0.3 is 9.84 Å². The Morgan fingerprint density at radius 3 is 2.93 bits per heavy atom. The van der Waals surface area contributed by atoms with Crippen LogP contribution >= 0.6 is 0 Å². The van der Waals surface area contributed by atoms with Crippen molar-refractivity contribution >= 4 is 5.97 Å². The van der Waals surface area contributed by atoms with E-state index in [-0.39, 0.29) is 11.8 Å². The molecule has 2 atom stereocenters. The van der Waals surface area contributed by atoms with Crippen LogP contribution in [0.3, 0.4) is 0 Å². The van der Waals surface area contributed by atoms with Gasteiger partial charge in [0.05, 0.1) is 19.6 Å². The molecule has 15 heavy (non-hydrogen) atoms. The summed E-state index contributed by atoms with van der Waals surface area (Å²) < 4.78 is 5.50. The summed E-state index contributed by atoms with van der Waals surface area (Å²) in [5, 5.41) is 8.69. The van der Waals surface area contributed by atoms with Crippen molar-refractivity contribution in [3.8, 4) is 0 Å². The quantitative estimate of drug-likeness (QED) is 0.754. The molecular weight excluding hydrogens is 194 g/mol. The molecule has 2 fully saturated rings. The highest BCUT2D eigenvalue weighted by molar-refractivity contribution is 5.66. The Hall–Kier alpha value is -0.610. The summed E-state index contributed by atoms with van der Waals surface area (Å²) in [5.41, 5.74) is 0.264. The normalized spacial score (nSPS) is 34.3. The summed E-state index contributed by atoms with van der Waals surface area (Å²) in [7, 11) is 0. The van der Waals surface area contributed by atoms with E-state index in [1.54, 1.807) is 0 Å². The van der Waals surface area contributed by atoms with Crippen molar-refractivity contribution in [1.29, 1.82) is 0 Å². The topological polar surface area (TPSA) is 49.8 Å². The number of carboxylic acids is 1. The van der Waals surface area contributed by atoms with Crippen LogP contribution in [0.25, 0.3) is 0 Å². The fourth-order valence-corrected chi connectivity index (χ4v) is 2.89.